The zero-order valence-corrected chi connectivity index (χ0v) is 13.9. The van der Waals surface area contributed by atoms with Gasteiger partial charge in [-0.2, -0.15) is 16.7 Å². The Hall–Kier alpha value is -1.11. The molecule has 0 saturated heterocycles. The number of likely N-dealkylation sites (N-methyl/N-ethyl adjacent to an activating group) is 1. The molecular weight excluding hydrogens is 308 g/mol. The van der Waals surface area contributed by atoms with Crippen LogP contribution in [0.2, 0.25) is 0 Å². The quantitative estimate of drug-likeness (QED) is 0.751. The lowest BCUT2D eigenvalue weighted by Crippen LogP contribution is -2.24. The molecule has 2 aromatic rings. The van der Waals surface area contributed by atoms with Crippen molar-refractivity contribution in [2.45, 2.75) is 31.6 Å². The summed E-state index contributed by atoms with van der Waals surface area (Å²) in [7, 11) is 1.93. The van der Waals surface area contributed by atoms with Crippen molar-refractivity contribution in [3.63, 3.8) is 0 Å². The van der Waals surface area contributed by atoms with Gasteiger partial charge in [0.1, 0.15) is 0 Å². The Labute approximate surface area is 135 Å². The molecule has 0 fully saturated rings. The van der Waals surface area contributed by atoms with E-state index >= 15 is 0 Å². The molecule has 1 unspecified atom stereocenters. The normalized spacial score (nSPS) is 11.9. The average molecular weight is 329 g/mol. The number of thioether (sulfide) groups is 1. The lowest BCUT2D eigenvalue weighted by molar-refractivity contribution is 0.375. The van der Waals surface area contributed by atoms with Crippen LogP contribution in [0.5, 0.6) is 0 Å². The molecule has 2 rings (SSSR count). The molecule has 0 aliphatic heterocycles. The summed E-state index contributed by atoms with van der Waals surface area (Å²) in [6.45, 7) is 2.10. The molecule has 0 bridgehead atoms. The van der Waals surface area contributed by atoms with Gasteiger partial charge in [0.15, 0.2) is 5.82 Å². The molecule has 0 spiro atoms. The van der Waals surface area contributed by atoms with E-state index in [1.54, 1.807) is 0 Å². The zero-order chi connectivity index (χ0) is 14.2. The minimum absolute atomic E-state index is 0. The van der Waals surface area contributed by atoms with Gasteiger partial charge >= 0.3 is 0 Å². The molecule has 2 heterocycles. The highest BCUT2D eigenvalue weighted by molar-refractivity contribution is 7.98. The molecule has 0 amide bonds. The highest BCUT2D eigenvalue weighted by Crippen LogP contribution is 2.11. The first-order valence-corrected chi connectivity index (χ1v) is 7.89. The van der Waals surface area contributed by atoms with E-state index in [0.29, 0.717) is 6.04 Å². The fourth-order valence-electron chi connectivity index (χ4n) is 1.67. The van der Waals surface area contributed by atoms with Crippen molar-refractivity contribution in [2.24, 2.45) is 0 Å². The lowest BCUT2D eigenvalue weighted by atomic mass is 10.2. The molecule has 1 N–H and O–H groups in total. The maximum absolute atomic E-state index is 5.24. The Morgan fingerprint density at radius 1 is 1.38 bits per heavy atom. The summed E-state index contributed by atoms with van der Waals surface area (Å²) in [5, 5.41) is 7.15. The third-order valence-corrected chi connectivity index (χ3v) is 3.92. The molecule has 7 heteroatoms. The molecule has 0 saturated carbocycles. The number of pyridine rings is 1. The van der Waals surface area contributed by atoms with Crippen molar-refractivity contribution in [3.05, 3.63) is 41.8 Å². The van der Waals surface area contributed by atoms with Gasteiger partial charge in [-0.15, -0.1) is 12.4 Å². The van der Waals surface area contributed by atoms with Crippen LogP contribution < -0.4 is 5.32 Å². The number of hydrogen-bond donors (Lipinski definition) is 1. The second-order valence-corrected chi connectivity index (χ2v) is 5.73. The Bertz CT molecular complexity index is 509. The fourth-order valence-corrected chi connectivity index (χ4v) is 2.51. The van der Waals surface area contributed by atoms with Crippen LogP contribution in [0, 0.1) is 0 Å². The molecule has 5 nitrogen and oxygen atoms in total. The van der Waals surface area contributed by atoms with Crippen molar-refractivity contribution in [2.75, 3.05) is 12.8 Å². The van der Waals surface area contributed by atoms with Gasteiger partial charge in [-0.1, -0.05) is 11.2 Å². The summed E-state index contributed by atoms with van der Waals surface area (Å²) in [6.07, 6.45) is 3.42. The Morgan fingerprint density at radius 3 is 2.95 bits per heavy atom. The van der Waals surface area contributed by atoms with E-state index < -0.39 is 0 Å². The van der Waals surface area contributed by atoms with E-state index in [0.717, 1.165) is 41.8 Å². The molecule has 2 aromatic heterocycles. The van der Waals surface area contributed by atoms with Crippen LogP contribution in [-0.2, 0) is 18.6 Å². The van der Waals surface area contributed by atoms with Crippen LogP contribution in [-0.4, -0.2) is 34.0 Å². The molecule has 0 aromatic carbocycles. The van der Waals surface area contributed by atoms with Crippen LogP contribution in [0.25, 0.3) is 0 Å². The molecule has 21 heavy (non-hydrogen) atoms. The smallest absolute Gasteiger partial charge is 0.227 e. The molecular formula is C14H21ClN4OS. The van der Waals surface area contributed by atoms with Crippen LogP contribution in [0.15, 0.2) is 28.9 Å². The largest absolute Gasteiger partial charge is 0.339 e. The first kappa shape index (κ1) is 17.9. The molecule has 1 atom stereocenters. The van der Waals surface area contributed by atoms with Crippen molar-refractivity contribution >= 4 is 24.2 Å². The summed E-state index contributed by atoms with van der Waals surface area (Å²) in [5.74, 6) is 3.37. The van der Waals surface area contributed by atoms with E-state index in [1.165, 1.54) is 0 Å². The van der Waals surface area contributed by atoms with Crippen molar-refractivity contribution < 1.29 is 4.52 Å². The predicted octanol–water partition coefficient (Wildman–Crippen LogP) is 2.51. The van der Waals surface area contributed by atoms with Crippen LogP contribution in [0.3, 0.4) is 0 Å². The molecule has 0 aliphatic rings. The van der Waals surface area contributed by atoms with E-state index in [9.17, 15) is 0 Å². The van der Waals surface area contributed by atoms with Gasteiger partial charge in [-0.05, 0) is 26.1 Å². The van der Waals surface area contributed by atoms with Crippen LogP contribution in [0.1, 0.15) is 24.3 Å². The number of aromatic nitrogens is 3. The number of halogens is 1. The lowest BCUT2D eigenvalue weighted by Gasteiger charge is -2.04. The van der Waals surface area contributed by atoms with Crippen molar-refractivity contribution in [3.8, 4) is 0 Å². The second-order valence-electron chi connectivity index (χ2n) is 4.62. The van der Waals surface area contributed by atoms with Gasteiger partial charge in [0.2, 0.25) is 5.89 Å². The number of nitrogens with one attached hydrogen (secondary N) is 1. The highest BCUT2D eigenvalue weighted by atomic mass is 35.5. The van der Waals surface area contributed by atoms with Gasteiger partial charge < -0.3 is 9.84 Å². The van der Waals surface area contributed by atoms with Gasteiger partial charge in [-0.25, -0.2) is 0 Å². The summed E-state index contributed by atoms with van der Waals surface area (Å²) >= 11 is 1.83. The van der Waals surface area contributed by atoms with Crippen LogP contribution >= 0.6 is 24.2 Å². The second kappa shape index (κ2) is 9.76. The first-order valence-electron chi connectivity index (χ1n) is 6.74. The Morgan fingerprint density at radius 2 is 2.24 bits per heavy atom. The van der Waals surface area contributed by atoms with Gasteiger partial charge in [0.25, 0.3) is 0 Å². The fraction of sp³-hybridized carbons (Fsp3) is 0.500. The molecule has 0 aliphatic carbocycles. The summed E-state index contributed by atoms with van der Waals surface area (Å²) in [6, 6.07) is 6.34. The van der Waals surface area contributed by atoms with E-state index in [-0.39, 0.29) is 12.4 Å². The molecule has 116 valence electrons. The Kier molecular flexibility index (Phi) is 8.34. The third kappa shape index (κ3) is 6.46. The van der Waals surface area contributed by atoms with Gasteiger partial charge in [0, 0.05) is 36.6 Å². The number of aryl methyl sites for hydroxylation is 1. The highest BCUT2D eigenvalue weighted by Gasteiger charge is 2.09. The minimum Gasteiger partial charge on any atom is -0.339 e. The van der Waals surface area contributed by atoms with Gasteiger partial charge in [0.05, 0.1) is 5.69 Å². The van der Waals surface area contributed by atoms with E-state index in [4.69, 9.17) is 4.52 Å². The van der Waals surface area contributed by atoms with E-state index in [1.807, 2.05) is 43.2 Å². The average Bonchev–Trinajstić information content (AvgIpc) is 2.92. The van der Waals surface area contributed by atoms with E-state index in [2.05, 4.69) is 27.4 Å². The Balaban J connectivity index is 0.00000220. The summed E-state index contributed by atoms with van der Waals surface area (Å²) < 4.78 is 5.24. The minimum atomic E-state index is 0. The number of nitrogens with zero attached hydrogens (tertiary/aromatic N) is 3. The van der Waals surface area contributed by atoms with Crippen LogP contribution in [0.4, 0.5) is 0 Å². The standard InChI is InChI=1S/C14H20N4OS.ClH/c1-11(15-2)9-13-17-14(19-18-13)6-8-20-10-12-5-3-4-7-16-12;/h3-5,7,11,15H,6,8-10H2,1-2H3;1H. The summed E-state index contributed by atoms with van der Waals surface area (Å²) in [5.41, 5.74) is 1.10. The predicted molar refractivity (Wildman–Crippen MR) is 87.9 cm³/mol. The zero-order valence-electron chi connectivity index (χ0n) is 12.3. The maximum atomic E-state index is 5.24. The summed E-state index contributed by atoms with van der Waals surface area (Å²) in [4.78, 5) is 8.69. The van der Waals surface area contributed by atoms with Crippen molar-refractivity contribution in [1.82, 2.24) is 20.4 Å². The topological polar surface area (TPSA) is 63.8 Å². The first-order chi connectivity index (χ1) is 9.78. The maximum Gasteiger partial charge on any atom is 0.227 e. The molecule has 0 radical (unpaired) electrons. The third-order valence-electron chi connectivity index (χ3n) is 2.93. The number of rotatable bonds is 8. The SMILES string of the molecule is CNC(C)Cc1noc(CCSCc2ccccn2)n1.Cl. The number of hydrogen-bond acceptors (Lipinski definition) is 6. The van der Waals surface area contributed by atoms with Gasteiger partial charge in [-0.3, -0.25) is 4.98 Å². The monoisotopic (exact) mass is 328 g/mol. The van der Waals surface area contributed by atoms with Crippen molar-refractivity contribution in [1.29, 1.82) is 0 Å².